The van der Waals surface area contributed by atoms with E-state index in [4.69, 9.17) is 33.8 Å². The second-order valence-electron chi connectivity index (χ2n) is 6.04. The number of phosphoric ester groups is 3. The van der Waals surface area contributed by atoms with Gasteiger partial charge in [0, 0.05) is 23.8 Å². The van der Waals surface area contributed by atoms with Crippen LogP contribution in [0.3, 0.4) is 0 Å². The SMILES string of the molecule is O=c1cc(-c2ccc(OP(=O)(O)O)cc2)oc2cc(OP(=O)(O)O)cc(OP(=O)(O)O)c12. The monoisotopic (exact) mass is 510 g/mol. The number of fused-ring (bicyclic) bond motifs is 1. The van der Waals surface area contributed by atoms with Crippen LogP contribution in [0.2, 0.25) is 0 Å². The summed E-state index contributed by atoms with van der Waals surface area (Å²) in [5.41, 5.74) is -0.999. The molecule has 14 nitrogen and oxygen atoms in total. The minimum atomic E-state index is -5.18. The summed E-state index contributed by atoms with van der Waals surface area (Å²) in [7, 11) is -15.1. The van der Waals surface area contributed by atoms with Crippen LogP contribution >= 0.6 is 23.5 Å². The molecular formula is C15H13O14P3. The molecule has 1 aromatic heterocycles. The summed E-state index contributed by atoms with van der Waals surface area (Å²) in [6, 6.07) is 7.47. The highest BCUT2D eigenvalue weighted by molar-refractivity contribution is 7.47. The van der Waals surface area contributed by atoms with Crippen molar-refractivity contribution in [3.8, 4) is 28.6 Å². The number of rotatable bonds is 7. The van der Waals surface area contributed by atoms with Crippen LogP contribution in [0.25, 0.3) is 22.3 Å². The van der Waals surface area contributed by atoms with Crippen molar-refractivity contribution in [2.75, 3.05) is 0 Å². The first-order valence-corrected chi connectivity index (χ1v) is 12.7. The summed E-state index contributed by atoms with van der Waals surface area (Å²) in [5.74, 6) is -1.65. The second kappa shape index (κ2) is 8.45. The van der Waals surface area contributed by atoms with Crippen molar-refractivity contribution < 1.29 is 61.0 Å². The Morgan fingerprint density at radius 3 is 1.75 bits per heavy atom. The Balaban J connectivity index is 2.15. The Morgan fingerprint density at radius 2 is 1.22 bits per heavy atom. The first kappa shape index (κ1) is 24.1. The van der Waals surface area contributed by atoms with Gasteiger partial charge in [-0.3, -0.25) is 34.2 Å². The van der Waals surface area contributed by atoms with Crippen molar-refractivity contribution in [3.05, 3.63) is 52.7 Å². The van der Waals surface area contributed by atoms with Crippen molar-refractivity contribution in [2.24, 2.45) is 0 Å². The molecule has 2 aromatic carbocycles. The lowest BCUT2D eigenvalue weighted by Gasteiger charge is -2.13. The maximum Gasteiger partial charge on any atom is 0.524 e. The maximum atomic E-state index is 12.6. The van der Waals surface area contributed by atoms with E-state index in [9.17, 15) is 18.5 Å². The van der Waals surface area contributed by atoms with E-state index in [0.29, 0.717) is 6.07 Å². The smallest absolute Gasteiger partial charge is 0.456 e. The molecule has 0 aliphatic heterocycles. The van der Waals surface area contributed by atoms with E-state index < -0.39 is 51.4 Å². The average molecular weight is 510 g/mol. The van der Waals surface area contributed by atoms with E-state index in [0.717, 1.165) is 12.1 Å². The molecule has 0 saturated carbocycles. The molecule has 3 aromatic rings. The van der Waals surface area contributed by atoms with Crippen LogP contribution in [0.4, 0.5) is 0 Å². The van der Waals surface area contributed by atoms with Gasteiger partial charge >= 0.3 is 23.5 Å². The third kappa shape index (κ3) is 6.50. The second-order valence-corrected chi connectivity index (χ2v) is 9.53. The minimum Gasteiger partial charge on any atom is -0.456 e. The molecule has 17 heteroatoms. The van der Waals surface area contributed by atoms with Crippen LogP contribution in [-0.4, -0.2) is 29.4 Å². The molecule has 0 aliphatic carbocycles. The van der Waals surface area contributed by atoms with E-state index >= 15 is 0 Å². The number of hydrogen-bond donors (Lipinski definition) is 6. The summed E-state index contributed by atoms with van der Waals surface area (Å²) in [5, 5.41) is -0.448. The molecule has 1 heterocycles. The van der Waals surface area contributed by atoms with Crippen LogP contribution in [0, 0.1) is 0 Å². The number of hydrogen-bond acceptors (Lipinski definition) is 8. The zero-order valence-corrected chi connectivity index (χ0v) is 18.0. The van der Waals surface area contributed by atoms with Gasteiger partial charge in [-0.25, -0.2) is 13.7 Å². The lowest BCUT2D eigenvalue weighted by atomic mass is 10.1. The van der Waals surface area contributed by atoms with Gasteiger partial charge in [-0.1, -0.05) is 0 Å². The standard InChI is InChI=1S/C15H13O14P3/c16-11-7-12(8-1-3-9(4-2-8)27-30(17,18)19)26-13-5-10(28-31(20,21)22)6-14(15(11)13)29-32(23,24)25/h1-7H,(H2,17,18,19)(H2,20,21,22)(H2,23,24,25). The molecule has 172 valence electrons. The maximum absolute atomic E-state index is 12.6. The lowest BCUT2D eigenvalue weighted by Crippen LogP contribution is -2.04. The first-order chi connectivity index (χ1) is 14.6. The summed E-state index contributed by atoms with van der Waals surface area (Å²) >= 11 is 0. The van der Waals surface area contributed by atoms with Crippen LogP contribution in [0.5, 0.6) is 17.2 Å². The Morgan fingerprint density at radius 1 is 0.688 bits per heavy atom. The summed E-state index contributed by atoms with van der Waals surface area (Å²) in [6.07, 6.45) is 0. The van der Waals surface area contributed by atoms with Gasteiger partial charge in [-0.05, 0) is 24.3 Å². The molecular weight excluding hydrogens is 497 g/mol. The van der Waals surface area contributed by atoms with E-state index in [1.165, 1.54) is 24.3 Å². The molecule has 0 aliphatic rings. The molecule has 0 spiro atoms. The van der Waals surface area contributed by atoms with Crippen molar-refractivity contribution in [3.63, 3.8) is 0 Å². The largest absolute Gasteiger partial charge is 0.524 e. The Hall–Kier alpha value is -2.50. The number of benzene rings is 2. The van der Waals surface area contributed by atoms with E-state index in [1.807, 2.05) is 0 Å². The topological polar surface area (TPSA) is 230 Å². The van der Waals surface area contributed by atoms with E-state index in [1.54, 1.807) is 0 Å². The summed E-state index contributed by atoms with van der Waals surface area (Å²) in [6.45, 7) is 0. The van der Waals surface area contributed by atoms with Crippen LogP contribution in [-0.2, 0) is 13.7 Å². The molecule has 0 radical (unpaired) electrons. The predicted octanol–water partition coefficient (Wildman–Crippen LogP) is 1.87. The number of phosphoric acid groups is 3. The van der Waals surface area contributed by atoms with Crippen molar-refractivity contribution in [1.82, 2.24) is 0 Å². The van der Waals surface area contributed by atoms with Crippen molar-refractivity contribution in [2.45, 2.75) is 0 Å². The zero-order chi connectivity index (χ0) is 23.9. The first-order valence-electron chi connectivity index (χ1n) is 8.07. The Bertz CT molecular complexity index is 1360. The molecule has 0 saturated heterocycles. The molecule has 3 rings (SSSR count). The summed E-state index contributed by atoms with van der Waals surface area (Å²) < 4.78 is 52.0. The van der Waals surface area contributed by atoms with Gasteiger partial charge in [-0.2, -0.15) is 0 Å². The molecule has 0 bridgehead atoms. The fraction of sp³-hybridized carbons (Fsp3) is 0. The molecule has 0 unspecified atom stereocenters. The van der Waals surface area contributed by atoms with E-state index in [-0.39, 0.29) is 17.1 Å². The van der Waals surface area contributed by atoms with Crippen molar-refractivity contribution in [1.29, 1.82) is 0 Å². The van der Waals surface area contributed by atoms with Gasteiger partial charge in [0.25, 0.3) is 0 Å². The van der Waals surface area contributed by atoms with Gasteiger partial charge < -0.3 is 18.0 Å². The molecule has 0 fully saturated rings. The quantitative estimate of drug-likeness (QED) is 0.249. The molecule has 32 heavy (non-hydrogen) atoms. The zero-order valence-electron chi connectivity index (χ0n) is 15.3. The Labute approximate surface area is 177 Å². The van der Waals surface area contributed by atoms with E-state index in [2.05, 4.69) is 13.6 Å². The molecule has 6 N–H and O–H groups in total. The van der Waals surface area contributed by atoms with Crippen molar-refractivity contribution >= 4 is 34.4 Å². The highest BCUT2D eigenvalue weighted by atomic mass is 31.2. The average Bonchev–Trinajstić information content (AvgIpc) is 2.57. The fourth-order valence-electron chi connectivity index (χ4n) is 2.58. The molecule has 0 atom stereocenters. The van der Waals surface area contributed by atoms with Gasteiger partial charge in [-0.15, -0.1) is 0 Å². The Kier molecular flexibility index (Phi) is 6.38. The summed E-state index contributed by atoms with van der Waals surface area (Å²) in [4.78, 5) is 66.4. The van der Waals surface area contributed by atoms with Gasteiger partial charge in [0.05, 0.1) is 0 Å². The van der Waals surface area contributed by atoms with Gasteiger partial charge in [0.2, 0.25) is 0 Å². The minimum absolute atomic E-state index is 0.110. The molecule has 0 amide bonds. The van der Waals surface area contributed by atoms with Crippen LogP contribution < -0.4 is 19.0 Å². The highest BCUT2D eigenvalue weighted by Gasteiger charge is 2.24. The predicted molar refractivity (Wildman–Crippen MR) is 106 cm³/mol. The fourth-order valence-corrected chi connectivity index (χ4v) is 3.75. The van der Waals surface area contributed by atoms with Crippen LogP contribution in [0.15, 0.2) is 51.7 Å². The third-order valence-electron chi connectivity index (χ3n) is 3.57. The van der Waals surface area contributed by atoms with Crippen LogP contribution in [0.1, 0.15) is 0 Å². The normalized spacial score (nSPS) is 12.6. The third-order valence-corrected chi connectivity index (χ3v) is 4.90. The van der Waals surface area contributed by atoms with Gasteiger partial charge in [0.15, 0.2) is 5.43 Å². The lowest BCUT2D eigenvalue weighted by molar-refractivity contribution is 0.278. The highest BCUT2D eigenvalue weighted by Crippen LogP contribution is 2.45. The van der Waals surface area contributed by atoms with Gasteiger partial charge in [0.1, 0.15) is 34.0 Å².